The number of halogens is 3. The minimum Gasteiger partial charge on any atom is -0.497 e. The molecule has 1 aliphatic heterocycles. The Hall–Kier alpha value is -2.09. The highest BCUT2D eigenvalue weighted by Gasteiger charge is 2.35. The van der Waals surface area contributed by atoms with E-state index in [2.05, 4.69) is 14.9 Å². The van der Waals surface area contributed by atoms with Gasteiger partial charge >= 0.3 is 6.18 Å². The van der Waals surface area contributed by atoms with Crippen LogP contribution in [0, 0.1) is 5.92 Å². The van der Waals surface area contributed by atoms with Crippen LogP contribution in [0.25, 0.3) is 0 Å². The van der Waals surface area contributed by atoms with Gasteiger partial charge in [-0.1, -0.05) is 0 Å². The Bertz CT molecular complexity index is 729. The lowest BCUT2D eigenvalue weighted by atomic mass is 9.99. The molecule has 1 unspecified atom stereocenters. The number of alkyl halides is 3. The summed E-state index contributed by atoms with van der Waals surface area (Å²) in [4.78, 5) is 10.2. The van der Waals surface area contributed by atoms with Crippen molar-refractivity contribution in [3.8, 4) is 5.75 Å². The van der Waals surface area contributed by atoms with Gasteiger partial charge in [0.25, 0.3) is 0 Å². The molecule has 0 radical (unpaired) electrons. The first-order valence-corrected chi connectivity index (χ1v) is 8.16. The standard InChI is InChI=1S/C17H21F3N4O/c1-23(10-13-7-14(25-2)5-6-21-13)8-12-3-4-16-22-15(17(18,19)20)11-24(16)9-12/h5-7,11-12H,3-4,8-10H2,1-2H3. The zero-order valence-electron chi connectivity index (χ0n) is 14.3. The fraction of sp³-hybridized carbons (Fsp3) is 0.529. The summed E-state index contributed by atoms with van der Waals surface area (Å²) in [5, 5.41) is 0. The summed E-state index contributed by atoms with van der Waals surface area (Å²) in [5.74, 6) is 1.58. The number of methoxy groups -OCH3 is 1. The second kappa shape index (κ2) is 7.03. The first-order chi connectivity index (χ1) is 11.8. The summed E-state index contributed by atoms with van der Waals surface area (Å²) < 4.78 is 45.2. The van der Waals surface area contributed by atoms with Crippen molar-refractivity contribution in [3.05, 3.63) is 41.7 Å². The van der Waals surface area contributed by atoms with Crippen molar-refractivity contribution in [1.82, 2.24) is 19.4 Å². The highest BCUT2D eigenvalue weighted by Crippen LogP contribution is 2.30. The van der Waals surface area contributed by atoms with Gasteiger partial charge < -0.3 is 14.2 Å². The number of imidazole rings is 1. The maximum absolute atomic E-state index is 12.8. The molecule has 2 aromatic heterocycles. The number of ether oxygens (including phenoxy) is 1. The smallest absolute Gasteiger partial charge is 0.434 e. The average Bonchev–Trinajstić information content (AvgIpc) is 2.98. The van der Waals surface area contributed by atoms with E-state index in [1.165, 1.54) is 0 Å². The highest BCUT2D eigenvalue weighted by molar-refractivity contribution is 5.22. The number of nitrogens with zero attached hydrogens (tertiary/aromatic N) is 4. The third kappa shape index (κ3) is 4.31. The van der Waals surface area contributed by atoms with E-state index in [0.717, 1.165) is 30.6 Å². The third-order valence-corrected chi connectivity index (χ3v) is 4.41. The van der Waals surface area contributed by atoms with Crippen LogP contribution < -0.4 is 4.74 Å². The summed E-state index contributed by atoms with van der Waals surface area (Å²) in [7, 11) is 3.61. The Labute approximate surface area is 144 Å². The SMILES string of the molecule is COc1ccnc(CN(C)CC2CCc3nc(C(F)(F)F)cn3C2)c1. The quantitative estimate of drug-likeness (QED) is 0.828. The van der Waals surface area contributed by atoms with E-state index < -0.39 is 11.9 Å². The highest BCUT2D eigenvalue weighted by atomic mass is 19.4. The Morgan fingerprint density at radius 1 is 1.40 bits per heavy atom. The maximum Gasteiger partial charge on any atom is 0.434 e. The van der Waals surface area contributed by atoms with Gasteiger partial charge in [0.05, 0.1) is 12.8 Å². The van der Waals surface area contributed by atoms with E-state index in [1.807, 2.05) is 13.1 Å². The van der Waals surface area contributed by atoms with Gasteiger partial charge in [-0.05, 0) is 25.5 Å². The molecule has 5 nitrogen and oxygen atoms in total. The molecule has 1 atom stereocenters. The van der Waals surface area contributed by atoms with Crippen LogP contribution in [0.2, 0.25) is 0 Å². The molecule has 136 valence electrons. The third-order valence-electron chi connectivity index (χ3n) is 4.41. The molecule has 0 amide bonds. The molecule has 0 saturated heterocycles. The molecule has 0 saturated carbocycles. The molecule has 2 aromatic rings. The molecule has 0 fully saturated rings. The molecule has 0 bridgehead atoms. The van der Waals surface area contributed by atoms with E-state index in [-0.39, 0.29) is 0 Å². The van der Waals surface area contributed by atoms with Crippen LogP contribution in [0.15, 0.2) is 24.5 Å². The van der Waals surface area contributed by atoms with Crippen LogP contribution in [0.3, 0.4) is 0 Å². The van der Waals surface area contributed by atoms with Crippen molar-refractivity contribution in [1.29, 1.82) is 0 Å². The zero-order valence-corrected chi connectivity index (χ0v) is 14.3. The average molecular weight is 354 g/mol. The number of hydrogen-bond donors (Lipinski definition) is 0. The predicted octanol–water partition coefficient (Wildman–Crippen LogP) is 3.00. The number of aromatic nitrogens is 3. The van der Waals surface area contributed by atoms with E-state index >= 15 is 0 Å². The number of pyridine rings is 1. The Kier molecular flexibility index (Phi) is 4.99. The largest absolute Gasteiger partial charge is 0.497 e. The monoisotopic (exact) mass is 354 g/mol. The van der Waals surface area contributed by atoms with E-state index in [0.29, 0.717) is 31.3 Å². The number of rotatable bonds is 5. The van der Waals surface area contributed by atoms with Gasteiger partial charge in [-0.15, -0.1) is 0 Å². The molecule has 0 aromatic carbocycles. The molecule has 8 heteroatoms. The van der Waals surface area contributed by atoms with Crippen LogP contribution in [0.5, 0.6) is 5.75 Å². The van der Waals surface area contributed by atoms with Gasteiger partial charge in [0, 0.05) is 44.5 Å². The fourth-order valence-electron chi connectivity index (χ4n) is 3.25. The molecule has 25 heavy (non-hydrogen) atoms. The van der Waals surface area contributed by atoms with Crippen molar-refractivity contribution in [2.24, 2.45) is 5.92 Å². The first kappa shape index (κ1) is 17.7. The number of fused-ring (bicyclic) bond motifs is 1. The lowest BCUT2D eigenvalue weighted by Gasteiger charge is -2.28. The van der Waals surface area contributed by atoms with Crippen LogP contribution in [0.1, 0.15) is 23.6 Å². The van der Waals surface area contributed by atoms with Gasteiger partial charge in [-0.25, -0.2) is 4.98 Å². The van der Waals surface area contributed by atoms with Crippen molar-refractivity contribution in [3.63, 3.8) is 0 Å². The first-order valence-electron chi connectivity index (χ1n) is 8.16. The van der Waals surface area contributed by atoms with Crippen molar-refractivity contribution in [2.75, 3.05) is 20.7 Å². The molecule has 3 heterocycles. The molecule has 0 N–H and O–H groups in total. The van der Waals surface area contributed by atoms with Gasteiger partial charge in [0.15, 0.2) is 5.69 Å². The van der Waals surface area contributed by atoms with Crippen molar-refractivity contribution < 1.29 is 17.9 Å². The lowest BCUT2D eigenvalue weighted by Crippen LogP contribution is -2.31. The van der Waals surface area contributed by atoms with Crippen LogP contribution >= 0.6 is 0 Å². The molecule has 0 spiro atoms. The maximum atomic E-state index is 12.8. The topological polar surface area (TPSA) is 43.2 Å². The van der Waals surface area contributed by atoms with E-state index in [9.17, 15) is 13.2 Å². The molecular formula is C17H21F3N4O. The molecule has 3 rings (SSSR count). The normalized spacial score (nSPS) is 17.6. The fourth-order valence-corrected chi connectivity index (χ4v) is 3.25. The summed E-state index contributed by atoms with van der Waals surface area (Å²) in [6.07, 6.45) is -0.130. The number of aryl methyl sites for hydroxylation is 1. The molecule has 1 aliphatic rings. The second-order valence-electron chi connectivity index (χ2n) is 6.48. The van der Waals surface area contributed by atoms with Crippen LogP contribution in [-0.4, -0.2) is 40.1 Å². The van der Waals surface area contributed by atoms with Gasteiger partial charge in [-0.2, -0.15) is 13.2 Å². The minimum atomic E-state index is -4.38. The Balaban J connectivity index is 1.59. The van der Waals surface area contributed by atoms with E-state index in [4.69, 9.17) is 4.74 Å². The summed E-state index contributed by atoms with van der Waals surface area (Å²) in [5.41, 5.74) is 0.109. The number of hydrogen-bond acceptors (Lipinski definition) is 4. The van der Waals surface area contributed by atoms with Crippen molar-refractivity contribution >= 4 is 0 Å². The molecular weight excluding hydrogens is 333 g/mol. The Morgan fingerprint density at radius 3 is 2.92 bits per heavy atom. The lowest BCUT2D eigenvalue weighted by molar-refractivity contribution is -0.141. The second-order valence-corrected chi connectivity index (χ2v) is 6.48. The van der Waals surface area contributed by atoms with Crippen LogP contribution in [-0.2, 0) is 25.7 Å². The molecule has 0 aliphatic carbocycles. The summed E-state index contributed by atoms with van der Waals surface area (Å²) in [6.45, 7) is 2.02. The summed E-state index contributed by atoms with van der Waals surface area (Å²) in [6, 6.07) is 3.68. The van der Waals surface area contributed by atoms with Gasteiger partial charge in [0.1, 0.15) is 11.6 Å². The Morgan fingerprint density at radius 2 is 2.20 bits per heavy atom. The van der Waals surface area contributed by atoms with Crippen LogP contribution in [0.4, 0.5) is 13.2 Å². The van der Waals surface area contributed by atoms with Gasteiger partial charge in [0.2, 0.25) is 0 Å². The van der Waals surface area contributed by atoms with Gasteiger partial charge in [-0.3, -0.25) is 4.98 Å². The zero-order chi connectivity index (χ0) is 18.0. The minimum absolute atomic E-state index is 0.290. The predicted molar refractivity (Wildman–Crippen MR) is 86.2 cm³/mol. The van der Waals surface area contributed by atoms with E-state index in [1.54, 1.807) is 23.9 Å². The van der Waals surface area contributed by atoms with Crippen molar-refractivity contribution in [2.45, 2.75) is 32.1 Å². The summed E-state index contributed by atoms with van der Waals surface area (Å²) >= 11 is 0.